The van der Waals surface area contributed by atoms with Gasteiger partial charge in [-0.1, -0.05) is 98.3 Å². The molecule has 0 fully saturated rings. The summed E-state index contributed by atoms with van der Waals surface area (Å²) < 4.78 is 0. The van der Waals surface area contributed by atoms with Gasteiger partial charge >= 0.3 is 0 Å². The average molecular weight is 299 g/mol. The van der Waals surface area contributed by atoms with Crippen LogP contribution in [-0.4, -0.2) is 0 Å². The molecule has 0 bridgehead atoms. The van der Waals surface area contributed by atoms with Gasteiger partial charge in [0.1, 0.15) is 0 Å². The van der Waals surface area contributed by atoms with Gasteiger partial charge in [-0.25, -0.2) is 0 Å². The highest BCUT2D eigenvalue weighted by Gasteiger charge is 2.17. The van der Waals surface area contributed by atoms with Crippen molar-refractivity contribution in [3.05, 3.63) is 113 Å². The Bertz CT molecular complexity index is 657. The van der Waals surface area contributed by atoms with Gasteiger partial charge in [0.25, 0.3) is 0 Å². The smallest absolute Gasteiger partial charge is 0.0629 e. The second-order valence-corrected chi connectivity index (χ2v) is 5.91. The Labute approximate surface area is 139 Å². The molecule has 0 unspecified atom stereocenters. The Hall–Kier alpha value is -2.34. The normalized spacial score (nSPS) is 10.9. The van der Waals surface area contributed by atoms with Gasteiger partial charge in [-0.05, 0) is 35.1 Å². The summed E-state index contributed by atoms with van der Waals surface area (Å²) >= 11 is 0. The molecule has 0 amide bonds. The molecule has 3 rings (SSSR count). The molecule has 0 N–H and O–H groups in total. The lowest BCUT2D eigenvalue weighted by atomic mass is 9.85. The van der Waals surface area contributed by atoms with E-state index in [-0.39, 0.29) is 0 Å². The first-order valence-corrected chi connectivity index (χ1v) is 8.45. The summed E-state index contributed by atoms with van der Waals surface area (Å²) in [7, 11) is 0. The van der Waals surface area contributed by atoms with Crippen molar-refractivity contribution < 1.29 is 0 Å². The minimum absolute atomic E-state index is 1.17. The van der Waals surface area contributed by atoms with E-state index in [1.54, 1.807) is 0 Å². The van der Waals surface area contributed by atoms with Crippen LogP contribution in [0.4, 0.5) is 0 Å². The van der Waals surface area contributed by atoms with Crippen LogP contribution >= 0.6 is 0 Å². The highest BCUT2D eigenvalue weighted by Crippen LogP contribution is 2.30. The Balaban J connectivity index is 1.96. The number of aryl methyl sites for hydroxylation is 1. The van der Waals surface area contributed by atoms with Crippen LogP contribution in [0.25, 0.3) is 0 Å². The van der Waals surface area contributed by atoms with Gasteiger partial charge in [0.05, 0.1) is 5.92 Å². The van der Waals surface area contributed by atoms with Gasteiger partial charge in [0.15, 0.2) is 0 Å². The molecular formula is C23H23. The van der Waals surface area contributed by atoms with Gasteiger partial charge in [-0.3, -0.25) is 0 Å². The minimum atomic E-state index is 1.17. The zero-order valence-corrected chi connectivity index (χ0v) is 13.7. The van der Waals surface area contributed by atoms with Gasteiger partial charge in [0.2, 0.25) is 0 Å². The lowest BCUT2D eigenvalue weighted by Gasteiger charge is -2.18. The third-order valence-corrected chi connectivity index (χ3v) is 4.19. The van der Waals surface area contributed by atoms with E-state index in [0.717, 1.165) is 0 Å². The third-order valence-electron chi connectivity index (χ3n) is 4.19. The second kappa shape index (κ2) is 7.78. The fraction of sp³-hybridized carbons (Fsp3) is 0.174. The lowest BCUT2D eigenvalue weighted by molar-refractivity contribution is 0.795. The SMILES string of the molecule is CCCCc1ccc([C](c2ccccc2)c2ccccc2)cc1. The summed E-state index contributed by atoms with van der Waals surface area (Å²) in [5.41, 5.74) is 5.23. The molecule has 1 radical (unpaired) electrons. The standard InChI is InChI=1S/C23H23/c1-2-3-10-19-15-17-22(18-16-19)23(20-11-6-4-7-12-20)21-13-8-5-9-14-21/h4-9,11-18H,2-3,10H2,1H3. The molecule has 0 heterocycles. The molecule has 3 aromatic rings. The largest absolute Gasteiger partial charge is 0.0654 e. The van der Waals surface area contributed by atoms with Gasteiger partial charge < -0.3 is 0 Å². The van der Waals surface area contributed by atoms with Crippen molar-refractivity contribution >= 4 is 0 Å². The molecule has 115 valence electrons. The van der Waals surface area contributed by atoms with E-state index in [4.69, 9.17) is 0 Å². The summed E-state index contributed by atoms with van der Waals surface area (Å²) in [6.07, 6.45) is 3.67. The van der Waals surface area contributed by atoms with E-state index >= 15 is 0 Å². The monoisotopic (exact) mass is 299 g/mol. The van der Waals surface area contributed by atoms with E-state index in [1.807, 2.05) is 0 Å². The first-order valence-electron chi connectivity index (χ1n) is 8.45. The predicted octanol–water partition coefficient (Wildman–Crippen LogP) is 6.05. The molecule has 0 aromatic heterocycles. The topological polar surface area (TPSA) is 0 Å². The highest BCUT2D eigenvalue weighted by molar-refractivity contribution is 5.57. The van der Waals surface area contributed by atoms with Crippen LogP contribution in [0.3, 0.4) is 0 Å². The molecule has 0 heteroatoms. The molecule has 23 heavy (non-hydrogen) atoms. The maximum atomic E-state index is 2.27. The Morgan fingerprint density at radius 2 is 1.09 bits per heavy atom. The maximum Gasteiger partial charge on any atom is 0.0629 e. The maximum absolute atomic E-state index is 2.27. The van der Waals surface area contributed by atoms with Crippen LogP contribution in [-0.2, 0) is 6.42 Å². The molecule has 0 nitrogen and oxygen atoms in total. The summed E-state index contributed by atoms with van der Waals surface area (Å²) in [5, 5.41) is 0. The molecule has 0 spiro atoms. The van der Waals surface area contributed by atoms with Crippen LogP contribution < -0.4 is 0 Å². The third kappa shape index (κ3) is 3.90. The Morgan fingerprint density at radius 1 is 0.609 bits per heavy atom. The van der Waals surface area contributed by atoms with Crippen LogP contribution in [0.15, 0.2) is 84.9 Å². The Kier molecular flexibility index (Phi) is 5.26. The number of benzene rings is 3. The molecule has 3 aromatic carbocycles. The van der Waals surface area contributed by atoms with E-state index < -0.39 is 0 Å². The van der Waals surface area contributed by atoms with Crippen LogP contribution in [0, 0.1) is 5.92 Å². The van der Waals surface area contributed by atoms with Crippen molar-refractivity contribution in [3.63, 3.8) is 0 Å². The van der Waals surface area contributed by atoms with Crippen LogP contribution in [0.5, 0.6) is 0 Å². The first-order chi connectivity index (χ1) is 11.4. The lowest BCUT2D eigenvalue weighted by Crippen LogP contribution is -2.04. The summed E-state index contributed by atoms with van der Waals surface area (Å²) in [6.45, 7) is 2.24. The average Bonchev–Trinajstić information content (AvgIpc) is 2.63. The van der Waals surface area contributed by atoms with Crippen molar-refractivity contribution in [3.8, 4) is 0 Å². The molecule has 0 saturated carbocycles. The van der Waals surface area contributed by atoms with Crippen LogP contribution in [0.1, 0.15) is 42.0 Å². The van der Waals surface area contributed by atoms with Crippen molar-refractivity contribution in [2.24, 2.45) is 0 Å². The van der Waals surface area contributed by atoms with E-state index in [1.165, 1.54) is 47.4 Å². The minimum Gasteiger partial charge on any atom is -0.0654 e. The van der Waals surface area contributed by atoms with Crippen molar-refractivity contribution in [2.75, 3.05) is 0 Å². The van der Waals surface area contributed by atoms with E-state index in [2.05, 4.69) is 91.9 Å². The first kappa shape index (κ1) is 15.6. The summed E-state index contributed by atoms with van der Waals surface area (Å²) in [4.78, 5) is 0. The molecule has 0 atom stereocenters. The molecule has 0 aliphatic rings. The highest BCUT2D eigenvalue weighted by atomic mass is 14.2. The van der Waals surface area contributed by atoms with E-state index in [9.17, 15) is 0 Å². The van der Waals surface area contributed by atoms with Crippen molar-refractivity contribution in [1.29, 1.82) is 0 Å². The zero-order chi connectivity index (χ0) is 15.9. The predicted molar refractivity (Wildman–Crippen MR) is 98.5 cm³/mol. The number of rotatable bonds is 6. The Morgan fingerprint density at radius 3 is 1.57 bits per heavy atom. The fourth-order valence-corrected chi connectivity index (χ4v) is 2.93. The van der Waals surface area contributed by atoms with Gasteiger partial charge in [-0.15, -0.1) is 0 Å². The number of unbranched alkanes of at least 4 members (excludes halogenated alkanes) is 1. The van der Waals surface area contributed by atoms with Gasteiger partial charge in [-0.2, -0.15) is 0 Å². The molecule has 0 aliphatic carbocycles. The summed E-state index contributed by atoms with van der Waals surface area (Å²) in [5.74, 6) is 1.30. The number of hydrogen-bond donors (Lipinski definition) is 0. The van der Waals surface area contributed by atoms with Crippen molar-refractivity contribution in [1.82, 2.24) is 0 Å². The van der Waals surface area contributed by atoms with Crippen LogP contribution in [0.2, 0.25) is 0 Å². The zero-order valence-electron chi connectivity index (χ0n) is 13.7. The van der Waals surface area contributed by atoms with Gasteiger partial charge in [0, 0.05) is 0 Å². The van der Waals surface area contributed by atoms with Crippen molar-refractivity contribution in [2.45, 2.75) is 26.2 Å². The summed E-state index contributed by atoms with van der Waals surface area (Å²) in [6, 6.07) is 30.4. The second-order valence-electron chi connectivity index (χ2n) is 5.91. The fourth-order valence-electron chi connectivity index (χ4n) is 2.93. The molecule has 0 saturated heterocycles. The number of hydrogen-bond acceptors (Lipinski definition) is 0. The molecular weight excluding hydrogens is 276 g/mol. The van der Waals surface area contributed by atoms with E-state index in [0.29, 0.717) is 0 Å². The quantitative estimate of drug-likeness (QED) is 0.486. The molecule has 0 aliphatic heterocycles.